The highest BCUT2D eigenvalue weighted by Gasteiger charge is 2.42. The van der Waals surface area contributed by atoms with E-state index in [1.807, 2.05) is 0 Å². The Labute approximate surface area is 111 Å². The van der Waals surface area contributed by atoms with Gasteiger partial charge in [-0.05, 0) is 20.8 Å². The van der Waals surface area contributed by atoms with Crippen molar-refractivity contribution >= 4 is 12.1 Å². The first kappa shape index (κ1) is 13.7. The summed E-state index contributed by atoms with van der Waals surface area (Å²) in [6, 6.07) is 0.0623. The lowest BCUT2D eigenvalue weighted by atomic mass is 9.96. The molecule has 106 valence electrons. The molecular weight excluding hydrogens is 250 g/mol. The number of nitrogens with one attached hydrogen (secondary N) is 1. The summed E-state index contributed by atoms with van der Waals surface area (Å²) in [4.78, 5) is 15.8. The van der Waals surface area contributed by atoms with Gasteiger partial charge in [0, 0.05) is 13.0 Å². The number of anilines is 1. The Morgan fingerprint density at radius 1 is 1.58 bits per heavy atom. The monoisotopic (exact) mass is 269 g/mol. The Bertz CT molecular complexity index is 458. The fourth-order valence-electron chi connectivity index (χ4n) is 1.93. The smallest absolute Gasteiger partial charge is 0.408 e. The van der Waals surface area contributed by atoms with Crippen molar-refractivity contribution in [3.63, 3.8) is 0 Å². The van der Waals surface area contributed by atoms with Crippen molar-refractivity contribution in [3.05, 3.63) is 12.0 Å². The lowest BCUT2D eigenvalue weighted by Crippen LogP contribution is -2.48. The van der Waals surface area contributed by atoms with Gasteiger partial charge in [0.2, 0.25) is 0 Å². The van der Waals surface area contributed by atoms with Crippen LogP contribution in [0.4, 0.5) is 10.8 Å². The van der Waals surface area contributed by atoms with Crippen LogP contribution in [0, 0.1) is 0 Å². The number of hydrogen-bond donors (Lipinski definition) is 2. The number of alkyl carbamates (subject to hydrolysis) is 1. The molecule has 1 aliphatic rings. The summed E-state index contributed by atoms with van der Waals surface area (Å²) in [6.45, 7) is 6.24. The molecule has 7 nitrogen and oxygen atoms in total. The average molecular weight is 269 g/mol. The molecule has 0 spiro atoms. The molecule has 0 aliphatic carbocycles. The number of carbonyl (C=O) groups excluding carboxylic acids is 1. The van der Waals surface area contributed by atoms with Crippen molar-refractivity contribution in [2.45, 2.75) is 38.3 Å². The summed E-state index contributed by atoms with van der Waals surface area (Å²) < 4.78 is 15.9. The SMILES string of the molecule is CC(C)(C)OC(=O)NC1(c2cnc(N)o2)CCOC1. The molecule has 19 heavy (non-hydrogen) atoms. The van der Waals surface area contributed by atoms with Crippen molar-refractivity contribution in [2.24, 2.45) is 0 Å². The molecule has 1 amide bonds. The Kier molecular flexibility index (Phi) is 3.40. The summed E-state index contributed by atoms with van der Waals surface area (Å²) in [7, 11) is 0. The molecule has 1 aromatic heterocycles. The Hall–Kier alpha value is -1.76. The number of carbonyl (C=O) groups is 1. The molecule has 3 N–H and O–H groups in total. The zero-order valence-corrected chi connectivity index (χ0v) is 11.4. The van der Waals surface area contributed by atoms with Gasteiger partial charge in [0.05, 0.1) is 12.8 Å². The fourth-order valence-corrected chi connectivity index (χ4v) is 1.93. The van der Waals surface area contributed by atoms with Gasteiger partial charge in [-0.25, -0.2) is 9.78 Å². The number of ether oxygens (including phenoxy) is 2. The van der Waals surface area contributed by atoms with E-state index in [1.165, 1.54) is 6.20 Å². The van der Waals surface area contributed by atoms with Crippen LogP contribution in [0.1, 0.15) is 33.0 Å². The lowest BCUT2D eigenvalue weighted by Gasteiger charge is -2.28. The summed E-state index contributed by atoms with van der Waals surface area (Å²) in [6.07, 6.45) is 1.57. The summed E-state index contributed by atoms with van der Waals surface area (Å²) in [5.74, 6) is 0.480. The van der Waals surface area contributed by atoms with Crippen molar-refractivity contribution in [2.75, 3.05) is 18.9 Å². The third-order valence-electron chi connectivity index (χ3n) is 2.76. The number of amides is 1. The standard InChI is InChI=1S/C12H19N3O4/c1-11(2,3)19-10(16)15-12(4-5-17-7-12)8-6-14-9(13)18-8/h6H,4-5,7H2,1-3H3,(H2,13,14)(H,15,16). The summed E-state index contributed by atoms with van der Waals surface area (Å²) >= 11 is 0. The first-order valence-electron chi connectivity index (χ1n) is 6.11. The van der Waals surface area contributed by atoms with E-state index in [1.54, 1.807) is 20.8 Å². The van der Waals surface area contributed by atoms with E-state index in [0.717, 1.165) is 0 Å². The largest absolute Gasteiger partial charge is 0.444 e. The molecule has 1 aliphatic heterocycles. The van der Waals surface area contributed by atoms with Gasteiger partial charge in [0.25, 0.3) is 6.01 Å². The number of nitrogen functional groups attached to an aromatic ring is 1. The molecule has 1 unspecified atom stereocenters. The predicted octanol–water partition coefficient (Wildman–Crippen LogP) is 1.40. The fraction of sp³-hybridized carbons (Fsp3) is 0.667. The van der Waals surface area contributed by atoms with E-state index in [0.29, 0.717) is 25.4 Å². The minimum atomic E-state index is -0.757. The van der Waals surface area contributed by atoms with Gasteiger partial charge in [-0.3, -0.25) is 0 Å². The van der Waals surface area contributed by atoms with Crippen molar-refractivity contribution in [1.29, 1.82) is 0 Å². The second kappa shape index (κ2) is 4.73. The van der Waals surface area contributed by atoms with E-state index in [9.17, 15) is 4.79 Å². The zero-order valence-electron chi connectivity index (χ0n) is 11.4. The number of aromatic nitrogens is 1. The van der Waals surface area contributed by atoms with Gasteiger partial charge in [-0.15, -0.1) is 0 Å². The molecule has 0 bridgehead atoms. The van der Waals surface area contributed by atoms with E-state index in [-0.39, 0.29) is 6.01 Å². The Morgan fingerprint density at radius 3 is 2.79 bits per heavy atom. The van der Waals surface area contributed by atoms with Gasteiger partial charge < -0.3 is 24.9 Å². The molecule has 1 aromatic rings. The molecule has 0 aromatic carbocycles. The lowest BCUT2D eigenvalue weighted by molar-refractivity contribution is 0.0419. The van der Waals surface area contributed by atoms with Crippen LogP contribution in [0.5, 0.6) is 0 Å². The Balaban J connectivity index is 2.15. The van der Waals surface area contributed by atoms with Crippen LogP contribution in [0.2, 0.25) is 0 Å². The van der Waals surface area contributed by atoms with Crippen molar-refractivity contribution in [1.82, 2.24) is 10.3 Å². The molecule has 7 heteroatoms. The zero-order chi connectivity index (χ0) is 14.1. The van der Waals surface area contributed by atoms with Crippen LogP contribution >= 0.6 is 0 Å². The van der Waals surface area contributed by atoms with Crippen LogP contribution in [0.15, 0.2) is 10.6 Å². The second-order valence-corrected chi connectivity index (χ2v) is 5.57. The topological polar surface area (TPSA) is 99.6 Å². The van der Waals surface area contributed by atoms with Crippen LogP contribution in [-0.2, 0) is 15.0 Å². The number of nitrogens with two attached hydrogens (primary N) is 1. The van der Waals surface area contributed by atoms with E-state index >= 15 is 0 Å². The van der Waals surface area contributed by atoms with Crippen LogP contribution < -0.4 is 11.1 Å². The van der Waals surface area contributed by atoms with Gasteiger partial charge in [0.15, 0.2) is 5.76 Å². The molecule has 2 heterocycles. The maximum Gasteiger partial charge on any atom is 0.408 e. The van der Waals surface area contributed by atoms with Gasteiger partial charge in [-0.1, -0.05) is 0 Å². The van der Waals surface area contributed by atoms with Crippen molar-refractivity contribution < 1.29 is 18.7 Å². The number of nitrogens with zero attached hydrogens (tertiary/aromatic N) is 1. The first-order chi connectivity index (χ1) is 8.81. The molecule has 1 fully saturated rings. The van der Waals surface area contributed by atoms with E-state index in [4.69, 9.17) is 19.6 Å². The normalized spacial score (nSPS) is 23.3. The summed E-state index contributed by atoms with van der Waals surface area (Å²) in [5.41, 5.74) is 4.15. The minimum Gasteiger partial charge on any atom is -0.444 e. The number of oxazole rings is 1. The Morgan fingerprint density at radius 2 is 2.32 bits per heavy atom. The second-order valence-electron chi connectivity index (χ2n) is 5.57. The molecule has 1 saturated heterocycles. The molecule has 2 rings (SSSR count). The van der Waals surface area contributed by atoms with Crippen molar-refractivity contribution in [3.8, 4) is 0 Å². The molecule has 0 saturated carbocycles. The van der Waals surface area contributed by atoms with Crippen LogP contribution in [0.3, 0.4) is 0 Å². The maximum absolute atomic E-state index is 11.9. The third-order valence-corrected chi connectivity index (χ3v) is 2.76. The predicted molar refractivity (Wildman–Crippen MR) is 67.4 cm³/mol. The number of hydrogen-bond acceptors (Lipinski definition) is 6. The highest BCUT2D eigenvalue weighted by Crippen LogP contribution is 2.31. The summed E-state index contributed by atoms with van der Waals surface area (Å²) in [5, 5.41) is 2.80. The highest BCUT2D eigenvalue weighted by atomic mass is 16.6. The highest BCUT2D eigenvalue weighted by molar-refractivity contribution is 5.69. The quantitative estimate of drug-likeness (QED) is 0.841. The van der Waals surface area contributed by atoms with Crippen LogP contribution in [-0.4, -0.2) is 29.9 Å². The van der Waals surface area contributed by atoms with Gasteiger partial charge in [0.1, 0.15) is 11.1 Å². The molecule has 0 radical (unpaired) electrons. The first-order valence-corrected chi connectivity index (χ1v) is 6.11. The molecular formula is C12H19N3O4. The van der Waals surface area contributed by atoms with Gasteiger partial charge >= 0.3 is 6.09 Å². The average Bonchev–Trinajstić information content (AvgIpc) is 2.84. The van der Waals surface area contributed by atoms with Crippen LogP contribution in [0.25, 0.3) is 0 Å². The van der Waals surface area contributed by atoms with E-state index in [2.05, 4.69) is 10.3 Å². The minimum absolute atomic E-state index is 0.0623. The van der Waals surface area contributed by atoms with Gasteiger partial charge in [-0.2, -0.15) is 0 Å². The maximum atomic E-state index is 11.9. The van der Waals surface area contributed by atoms with E-state index < -0.39 is 17.2 Å². The third kappa shape index (κ3) is 3.17. The molecule has 1 atom stereocenters. The number of rotatable bonds is 2.